The molecule has 15 heavy (non-hydrogen) atoms. The molecule has 0 saturated carbocycles. The predicted molar refractivity (Wildman–Crippen MR) is 57.5 cm³/mol. The van der Waals surface area contributed by atoms with E-state index in [1.807, 2.05) is 0 Å². The van der Waals surface area contributed by atoms with Crippen LogP contribution < -0.4 is 0 Å². The Morgan fingerprint density at radius 3 is 2.53 bits per heavy atom. The van der Waals surface area contributed by atoms with Gasteiger partial charge in [-0.15, -0.1) is 0 Å². The second kappa shape index (κ2) is 8.44. The Hall–Kier alpha value is -0.870. The number of esters is 1. The van der Waals surface area contributed by atoms with Gasteiger partial charge in [0.2, 0.25) is 0 Å². The standard InChI is InChI=1S/C11H20O4/c1-9(2)11(13)15-7-5-4-6-14-8-10(3)12/h10,12H,1,4-8H2,2-3H3. The number of hydrogen-bond acceptors (Lipinski definition) is 4. The molecule has 0 aromatic carbocycles. The Balaban J connectivity index is 3.18. The van der Waals surface area contributed by atoms with Crippen LogP contribution in [0.2, 0.25) is 0 Å². The van der Waals surface area contributed by atoms with Gasteiger partial charge in [0, 0.05) is 12.2 Å². The summed E-state index contributed by atoms with van der Waals surface area (Å²) in [5.74, 6) is -0.347. The van der Waals surface area contributed by atoms with Crippen molar-refractivity contribution in [3.05, 3.63) is 12.2 Å². The molecule has 0 bridgehead atoms. The zero-order valence-corrected chi connectivity index (χ0v) is 9.49. The van der Waals surface area contributed by atoms with Crippen LogP contribution in [0, 0.1) is 0 Å². The molecule has 1 N–H and O–H groups in total. The zero-order valence-electron chi connectivity index (χ0n) is 9.49. The van der Waals surface area contributed by atoms with Crippen LogP contribution in [-0.2, 0) is 14.3 Å². The van der Waals surface area contributed by atoms with Gasteiger partial charge in [-0.3, -0.25) is 0 Å². The van der Waals surface area contributed by atoms with Crippen molar-refractivity contribution >= 4 is 5.97 Å². The number of aliphatic hydroxyl groups is 1. The van der Waals surface area contributed by atoms with E-state index in [0.717, 1.165) is 12.8 Å². The van der Waals surface area contributed by atoms with Crippen molar-refractivity contribution in [1.29, 1.82) is 0 Å². The highest BCUT2D eigenvalue weighted by molar-refractivity contribution is 5.86. The van der Waals surface area contributed by atoms with Crippen molar-refractivity contribution in [2.75, 3.05) is 19.8 Å². The van der Waals surface area contributed by atoms with Gasteiger partial charge in [0.15, 0.2) is 0 Å². The molecule has 0 aromatic rings. The molecule has 0 aliphatic carbocycles. The minimum Gasteiger partial charge on any atom is -0.462 e. The molecular weight excluding hydrogens is 196 g/mol. The third-order valence-electron chi connectivity index (χ3n) is 1.62. The first-order valence-electron chi connectivity index (χ1n) is 5.12. The molecule has 4 nitrogen and oxygen atoms in total. The molecule has 0 rings (SSSR count). The Morgan fingerprint density at radius 2 is 2.00 bits per heavy atom. The predicted octanol–water partition coefficient (Wildman–Crippen LogP) is 1.28. The van der Waals surface area contributed by atoms with E-state index in [4.69, 9.17) is 14.6 Å². The van der Waals surface area contributed by atoms with Gasteiger partial charge in [0.05, 0.1) is 19.3 Å². The lowest BCUT2D eigenvalue weighted by Crippen LogP contribution is -2.11. The summed E-state index contributed by atoms with van der Waals surface area (Å²) in [5.41, 5.74) is 0.417. The van der Waals surface area contributed by atoms with E-state index in [1.54, 1.807) is 13.8 Å². The van der Waals surface area contributed by atoms with Crippen molar-refractivity contribution in [3.8, 4) is 0 Å². The molecule has 0 saturated heterocycles. The fourth-order valence-corrected chi connectivity index (χ4v) is 0.848. The Labute approximate surface area is 90.9 Å². The van der Waals surface area contributed by atoms with E-state index < -0.39 is 6.10 Å². The summed E-state index contributed by atoms with van der Waals surface area (Å²) in [6.45, 7) is 8.09. The zero-order chi connectivity index (χ0) is 11.7. The summed E-state index contributed by atoms with van der Waals surface area (Å²) in [4.78, 5) is 10.9. The molecule has 0 radical (unpaired) electrons. The third-order valence-corrected chi connectivity index (χ3v) is 1.62. The SMILES string of the molecule is C=C(C)C(=O)OCCCCOCC(C)O. The topological polar surface area (TPSA) is 55.8 Å². The van der Waals surface area contributed by atoms with E-state index in [-0.39, 0.29) is 5.97 Å². The molecule has 0 amide bonds. The van der Waals surface area contributed by atoms with Crippen molar-refractivity contribution in [2.45, 2.75) is 32.8 Å². The van der Waals surface area contributed by atoms with E-state index >= 15 is 0 Å². The number of ether oxygens (including phenoxy) is 2. The highest BCUT2D eigenvalue weighted by Gasteiger charge is 2.01. The van der Waals surface area contributed by atoms with Gasteiger partial charge in [-0.25, -0.2) is 4.79 Å². The number of carbonyl (C=O) groups is 1. The van der Waals surface area contributed by atoms with Crippen LogP contribution in [0.3, 0.4) is 0 Å². The molecule has 0 aliphatic heterocycles. The second-order valence-corrected chi connectivity index (χ2v) is 3.55. The minimum absolute atomic E-state index is 0.347. The Kier molecular flexibility index (Phi) is 7.95. The van der Waals surface area contributed by atoms with Gasteiger partial charge in [0.1, 0.15) is 0 Å². The van der Waals surface area contributed by atoms with Crippen LogP contribution in [0.4, 0.5) is 0 Å². The largest absolute Gasteiger partial charge is 0.462 e. The van der Waals surface area contributed by atoms with E-state index in [0.29, 0.717) is 25.4 Å². The summed E-state index contributed by atoms with van der Waals surface area (Å²) in [6, 6.07) is 0. The smallest absolute Gasteiger partial charge is 0.333 e. The molecule has 4 heteroatoms. The quantitative estimate of drug-likeness (QED) is 0.377. The number of unbranched alkanes of at least 4 members (excludes halogenated alkanes) is 1. The maximum Gasteiger partial charge on any atom is 0.333 e. The van der Waals surface area contributed by atoms with Crippen LogP contribution in [0.1, 0.15) is 26.7 Å². The summed E-state index contributed by atoms with van der Waals surface area (Å²) in [6.07, 6.45) is 1.15. The minimum atomic E-state index is -0.425. The van der Waals surface area contributed by atoms with Crippen LogP contribution in [0.5, 0.6) is 0 Å². The highest BCUT2D eigenvalue weighted by Crippen LogP contribution is 1.96. The van der Waals surface area contributed by atoms with E-state index in [1.165, 1.54) is 0 Å². The maximum atomic E-state index is 10.9. The van der Waals surface area contributed by atoms with Gasteiger partial charge in [-0.2, -0.15) is 0 Å². The lowest BCUT2D eigenvalue weighted by atomic mass is 10.3. The molecule has 0 spiro atoms. The summed E-state index contributed by atoms with van der Waals surface area (Å²) < 4.78 is 10.0. The molecule has 1 unspecified atom stereocenters. The first-order chi connectivity index (χ1) is 7.04. The molecule has 0 fully saturated rings. The summed E-state index contributed by atoms with van der Waals surface area (Å²) >= 11 is 0. The van der Waals surface area contributed by atoms with Gasteiger partial charge >= 0.3 is 5.97 Å². The van der Waals surface area contributed by atoms with Crippen molar-refractivity contribution < 1.29 is 19.4 Å². The van der Waals surface area contributed by atoms with Crippen molar-refractivity contribution in [2.24, 2.45) is 0 Å². The Morgan fingerprint density at radius 1 is 1.40 bits per heavy atom. The molecule has 0 aromatic heterocycles. The number of carbonyl (C=O) groups excluding carboxylic acids is 1. The number of aliphatic hydroxyl groups excluding tert-OH is 1. The normalized spacial score (nSPS) is 12.2. The molecule has 1 atom stereocenters. The lowest BCUT2D eigenvalue weighted by molar-refractivity contribution is -0.139. The van der Waals surface area contributed by atoms with E-state index in [2.05, 4.69) is 6.58 Å². The summed E-state index contributed by atoms with van der Waals surface area (Å²) in [7, 11) is 0. The monoisotopic (exact) mass is 216 g/mol. The fourth-order valence-electron chi connectivity index (χ4n) is 0.848. The van der Waals surface area contributed by atoms with Crippen LogP contribution in [0.25, 0.3) is 0 Å². The average Bonchev–Trinajstić information content (AvgIpc) is 2.15. The molecular formula is C11H20O4. The third kappa shape index (κ3) is 9.43. The van der Waals surface area contributed by atoms with Crippen LogP contribution in [0.15, 0.2) is 12.2 Å². The summed E-state index contributed by atoms with van der Waals surface area (Å²) in [5, 5.41) is 8.88. The first kappa shape index (κ1) is 14.1. The molecule has 88 valence electrons. The maximum absolute atomic E-state index is 10.9. The number of rotatable bonds is 8. The van der Waals surface area contributed by atoms with Gasteiger partial charge in [0.25, 0.3) is 0 Å². The molecule has 0 aliphatic rings. The fraction of sp³-hybridized carbons (Fsp3) is 0.727. The highest BCUT2D eigenvalue weighted by atomic mass is 16.5. The van der Waals surface area contributed by atoms with Crippen molar-refractivity contribution in [1.82, 2.24) is 0 Å². The average molecular weight is 216 g/mol. The molecule has 0 heterocycles. The first-order valence-corrected chi connectivity index (χ1v) is 5.12. The van der Waals surface area contributed by atoms with Crippen LogP contribution in [-0.4, -0.2) is 37.0 Å². The number of hydrogen-bond donors (Lipinski definition) is 1. The van der Waals surface area contributed by atoms with Crippen molar-refractivity contribution in [3.63, 3.8) is 0 Å². The second-order valence-electron chi connectivity index (χ2n) is 3.55. The van der Waals surface area contributed by atoms with Gasteiger partial charge in [-0.1, -0.05) is 6.58 Å². The van der Waals surface area contributed by atoms with Crippen LogP contribution >= 0.6 is 0 Å². The Bertz CT molecular complexity index is 199. The van der Waals surface area contributed by atoms with Gasteiger partial charge < -0.3 is 14.6 Å². The van der Waals surface area contributed by atoms with Gasteiger partial charge in [-0.05, 0) is 26.7 Å². The van der Waals surface area contributed by atoms with E-state index in [9.17, 15) is 4.79 Å². The lowest BCUT2D eigenvalue weighted by Gasteiger charge is -2.06.